The van der Waals surface area contributed by atoms with Crippen molar-refractivity contribution in [3.63, 3.8) is 0 Å². The van der Waals surface area contributed by atoms with Gasteiger partial charge in [0, 0.05) is 34.8 Å². The van der Waals surface area contributed by atoms with Crippen LogP contribution in [0.4, 0.5) is 0 Å². The zero-order chi connectivity index (χ0) is 14.6. The van der Waals surface area contributed by atoms with E-state index >= 15 is 0 Å². The molecule has 0 aliphatic rings. The lowest BCUT2D eigenvalue weighted by atomic mass is 10.4. The summed E-state index contributed by atoms with van der Waals surface area (Å²) in [5, 5.41) is 6.72. The van der Waals surface area contributed by atoms with Crippen LogP contribution in [0.15, 0.2) is 33.9 Å². The van der Waals surface area contributed by atoms with Crippen molar-refractivity contribution in [2.45, 2.75) is 24.9 Å². The molecule has 0 atom stereocenters. The molecule has 2 rings (SSSR count). The predicted molar refractivity (Wildman–Crippen MR) is 84.7 cm³/mol. The Morgan fingerprint density at radius 3 is 2.70 bits per heavy atom. The van der Waals surface area contributed by atoms with Gasteiger partial charge >= 0.3 is 0 Å². The smallest absolute Gasteiger partial charge is 0.244 e. The predicted octanol–water partition coefficient (Wildman–Crippen LogP) is 2.74. The third kappa shape index (κ3) is 3.48. The molecule has 0 spiro atoms. The Morgan fingerprint density at radius 2 is 2.10 bits per heavy atom. The maximum absolute atomic E-state index is 12.6. The first-order valence-corrected chi connectivity index (χ1v) is 9.52. The fraction of sp³-hybridized carbons (Fsp3) is 0.385. The largest absolute Gasteiger partial charge is 0.315 e. The first-order valence-electron chi connectivity index (χ1n) is 6.32. The van der Waals surface area contributed by atoms with Gasteiger partial charge in [-0.1, -0.05) is 13.0 Å². The molecule has 0 fully saturated rings. The quantitative estimate of drug-likeness (QED) is 0.849. The lowest BCUT2D eigenvalue weighted by Gasteiger charge is -2.18. The second kappa shape index (κ2) is 6.82. The van der Waals surface area contributed by atoms with E-state index in [1.807, 2.05) is 31.5 Å². The Balaban J connectivity index is 2.21. The highest BCUT2D eigenvalue weighted by Crippen LogP contribution is 2.24. The molecule has 0 aliphatic carbocycles. The standard InChI is InChI=1S/C13H18N2O2S3/c1-3-15(9-11-5-4-6-18-11)20(16,17)13-7-12(8-14-2)19-10-13/h4-7,10,14H,3,8-9H2,1-2H3. The van der Waals surface area contributed by atoms with Gasteiger partial charge in [0.1, 0.15) is 0 Å². The van der Waals surface area contributed by atoms with Crippen LogP contribution in [-0.2, 0) is 23.1 Å². The van der Waals surface area contributed by atoms with Crippen molar-refractivity contribution in [2.75, 3.05) is 13.6 Å². The highest BCUT2D eigenvalue weighted by Gasteiger charge is 2.24. The van der Waals surface area contributed by atoms with E-state index in [0.717, 1.165) is 9.75 Å². The van der Waals surface area contributed by atoms with Crippen LogP contribution in [-0.4, -0.2) is 26.3 Å². The Morgan fingerprint density at radius 1 is 1.30 bits per heavy atom. The lowest BCUT2D eigenvalue weighted by molar-refractivity contribution is 0.426. The fourth-order valence-corrected chi connectivity index (χ4v) is 5.36. The van der Waals surface area contributed by atoms with E-state index in [0.29, 0.717) is 24.5 Å². The molecule has 1 N–H and O–H groups in total. The molecule has 20 heavy (non-hydrogen) atoms. The monoisotopic (exact) mass is 330 g/mol. The third-order valence-electron chi connectivity index (χ3n) is 2.88. The van der Waals surface area contributed by atoms with Crippen molar-refractivity contribution in [1.29, 1.82) is 0 Å². The second-order valence-corrected chi connectivity index (χ2v) is 8.26. The normalized spacial score (nSPS) is 12.2. The van der Waals surface area contributed by atoms with Crippen molar-refractivity contribution < 1.29 is 8.42 Å². The third-order valence-corrected chi connectivity index (χ3v) is 6.73. The van der Waals surface area contributed by atoms with Crippen LogP contribution < -0.4 is 5.32 Å². The number of nitrogens with one attached hydrogen (secondary N) is 1. The van der Waals surface area contributed by atoms with Crippen LogP contribution in [0.1, 0.15) is 16.7 Å². The SMILES string of the molecule is CCN(Cc1cccs1)S(=O)(=O)c1csc(CNC)c1. The van der Waals surface area contributed by atoms with Crippen LogP contribution >= 0.6 is 22.7 Å². The van der Waals surface area contributed by atoms with Crippen molar-refractivity contribution in [3.05, 3.63) is 38.7 Å². The maximum atomic E-state index is 12.6. The van der Waals surface area contributed by atoms with E-state index in [-0.39, 0.29) is 0 Å². The van der Waals surface area contributed by atoms with Gasteiger partial charge in [0.25, 0.3) is 0 Å². The number of hydrogen-bond donors (Lipinski definition) is 1. The molecular weight excluding hydrogens is 312 g/mol. The summed E-state index contributed by atoms with van der Waals surface area (Å²) in [6.07, 6.45) is 0. The van der Waals surface area contributed by atoms with Gasteiger partial charge in [-0.3, -0.25) is 0 Å². The van der Waals surface area contributed by atoms with Gasteiger partial charge in [0.2, 0.25) is 10.0 Å². The van der Waals surface area contributed by atoms with Crippen LogP contribution in [0.5, 0.6) is 0 Å². The first-order chi connectivity index (χ1) is 9.57. The van der Waals surface area contributed by atoms with E-state index < -0.39 is 10.0 Å². The molecule has 0 aromatic carbocycles. The minimum absolute atomic E-state index is 0.395. The summed E-state index contributed by atoms with van der Waals surface area (Å²) in [5.74, 6) is 0. The van der Waals surface area contributed by atoms with Crippen molar-refractivity contribution in [3.8, 4) is 0 Å². The van der Waals surface area contributed by atoms with E-state index in [2.05, 4.69) is 5.32 Å². The number of thiophene rings is 2. The minimum atomic E-state index is -3.40. The number of rotatable bonds is 7. The van der Waals surface area contributed by atoms with Gasteiger partial charge in [0.05, 0.1) is 4.90 Å². The molecule has 0 saturated heterocycles. The van der Waals surface area contributed by atoms with Crippen LogP contribution in [0, 0.1) is 0 Å². The molecule has 2 heterocycles. The lowest BCUT2D eigenvalue weighted by Crippen LogP contribution is -2.29. The van der Waals surface area contributed by atoms with Gasteiger partial charge < -0.3 is 5.32 Å². The van der Waals surface area contributed by atoms with Crippen molar-refractivity contribution in [2.24, 2.45) is 0 Å². The molecule has 0 saturated carbocycles. The number of sulfonamides is 1. The topological polar surface area (TPSA) is 49.4 Å². The molecule has 0 bridgehead atoms. The second-order valence-electron chi connectivity index (χ2n) is 4.29. The molecule has 2 aromatic heterocycles. The molecule has 2 aromatic rings. The van der Waals surface area contributed by atoms with Crippen molar-refractivity contribution in [1.82, 2.24) is 9.62 Å². The average molecular weight is 331 g/mol. The van der Waals surface area contributed by atoms with E-state index in [1.54, 1.807) is 22.8 Å². The van der Waals surface area contributed by atoms with E-state index in [1.165, 1.54) is 15.6 Å². The Hall–Kier alpha value is -0.730. The van der Waals surface area contributed by atoms with E-state index in [9.17, 15) is 8.42 Å². The van der Waals surface area contributed by atoms with Gasteiger partial charge in [-0.05, 0) is 24.6 Å². The summed E-state index contributed by atoms with van der Waals surface area (Å²) in [5.41, 5.74) is 0. The zero-order valence-corrected chi connectivity index (χ0v) is 13.9. The summed E-state index contributed by atoms with van der Waals surface area (Å²) >= 11 is 3.05. The van der Waals surface area contributed by atoms with Gasteiger partial charge in [-0.15, -0.1) is 22.7 Å². The molecule has 0 aliphatic heterocycles. The Labute approximate surface area is 128 Å². The molecule has 0 radical (unpaired) electrons. The number of nitrogens with zero attached hydrogens (tertiary/aromatic N) is 1. The molecular formula is C13H18N2O2S3. The summed E-state index contributed by atoms with van der Waals surface area (Å²) in [7, 11) is -1.55. The molecule has 0 amide bonds. The molecule has 7 heteroatoms. The fourth-order valence-electron chi connectivity index (χ4n) is 1.85. The highest BCUT2D eigenvalue weighted by molar-refractivity contribution is 7.89. The maximum Gasteiger partial charge on any atom is 0.244 e. The van der Waals surface area contributed by atoms with Gasteiger partial charge in [-0.25, -0.2) is 8.42 Å². The van der Waals surface area contributed by atoms with E-state index in [4.69, 9.17) is 0 Å². The minimum Gasteiger partial charge on any atom is -0.315 e. The Bertz CT molecular complexity index is 632. The van der Waals surface area contributed by atoms with Gasteiger partial charge in [-0.2, -0.15) is 4.31 Å². The summed E-state index contributed by atoms with van der Waals surface area (Å²) in [4.78, 5) is 2.48. The summed E-state index contributed by atoms with van der Waals surface area (Å²) in [6.45, 7) is 3.47. The molecule has 110 valence electrons. The molecule has 4 nitrogen and oxygen atoms in total. The van der Waals surface area contributed by atoms with Crippen molar-refractivity contribution >= 4 is 32.7 Å². The number of hydrogen-bond acceptors (Lipinski definition) is 5. The first kappa shape index (κ1) is 15.7. The van der Waals surface area contributed by atoms with Crippen LogP contribution in [0.25, 0.3) is 0 Å². The summed E-state index contributed by atoms with van der Waals surface area (Å²) < 4.78 is 26.8. The van der Waals surface area contributed by atoms with Crippen LogP contribution in [0.3, 0.4) is 0 Å². The van der Waals surface area contributed by atoms with Gasteiger partial charge in [0.15, 0.2) is 0 Å². The molecule has 0 unspecified atom stereocenters. The highest BCUT2D eigenvalue weighted by atomic mass is 32.2. The average Bonchev–Trinajstić information content (AvgIpc) is 3.07. The van der Waals surface area contributed by atoms with Crippen LogP contribution in [0.2, 0.25) is 0 Å². The Kier molecular flexibility index (Phi) is 5.34. The zero-order valence-electron chi connectivity index (χ0n) is 11.5. The summed E-state index contributed by atoms with van der Waals surface area (Å²) in [6, 6.07) is 5.66.